The molecule has 0 heterocycles. The average molecular weight is 298 g/mol. The lowest BCUT2D eigenvalue weighted by molar-refractivity contribution is 0.378. The summed E-state index contributed by atoms with van der Waals surface area (Å²) >= 11 is 0. The second-order valence-electron chi connectivity index (χ2n) is 6.36. The number of hydrogen-bond acceptors (Lipinski definition) is 2. The highest BCUT2D eigenvalue weighted by molar-refractivity contribution is 4.85. The molecule has 0 saturated heterocycles. The molecular formula is C19H39NO. The van der Waals surface area contributed by atoms with E-state index in [0.29, 0.717) is 5.76 Å². The molecule has 0 saturated carbocycles. The van der Waals surface area contributed by atoms with Gasteiger partial charge in [0.15, 0.2) is 0 Å². The normalized spacial score (nSPS) is 12.0. The van der Waals surface area contributed by atoms with Crippen LogP contribution in [-0.2, 0) is 0 Å². The van der Waals surface area contributed by atoms with Gasteiger partial charge < -0.3 is 10.8 Å². The van der Waals surface area contributed by atoms with Crippen LogP contribution in [0.4, 0.5) is 0 Å². The minimum Gasteiger partial charge on any atom is -0.511 e. The van der Waals surface area contributed by atoms with Crippen LogP contribution < -0.4 is 5.73 Å². The summed E-state index contributed by atoms with van der Waals surface area (Å²) in [5, 5.41) is 9.20. The van der Waals surface area contributed by atoms with Crippen LogP contribution in [0.25, 0.3) is 0 Å². The van der Waals surface area contributed by atoms with Gasteiger partial charge in [0.25, 0.3) is 0 Å². The first-order valence-electron chi connectivity index (χ1n) is 9.41. The molecule has 0 atom stereocenters. The Bertz CT molecular complexity index is 226. The van der Waals surface area contributed by atoms with Crippen LogP contribution in [0.5, 0.6) is 0 Å². The van der Waals surface area contributed by atoms with Gasteiger partial charge in [-0.1, -0.05) is 96.8 Å². The van der Waals surface area contributed by atoms with Crippen LogP contribution >= 0.6 is 0 Å². The van der Waals surface area contributed by atoms with Crippen LogP contribution in [-0.4, -0.2) is 5.11 Å². The first-order chi connectivity index (χ1) is 10.3. The summed E-state index contributed by atoms with van der Waals surface area (Å²) in [6, 6.07) is 0. The zero-order valence-electron chi connectivity index (χ0n) is 14.4. The summed E-state index contributed by atoms with van der Waals surface area (Å²) in [5.41, 5.74) is 5.22. The minimum atomic E-state index is 0.338. The third-order valence-electron chi connectivity index (χ3n) is 4.23. The number of hydrogen-bond donors (Lipinski definition) is 2. The summed E-state index contributed by atoms with van der Waals surface area (Å²) < 4.78 is 0. The summed E-state index contributed by atoms with van der Waals surface area (Å²) in [6.45, 7) is 2.28. The van der Waals surface area contributed by atoms with E-state index in [2.05, 4.69) is 6.92 Å². The molecule has 0 aliphatic rings. The van der Waals surface area contributed by atoms with E-state index in [1.54, 1.807) is 0 Å². The lowest BCUT2D eigenvalue weighted by Gasteiger charge is -2.03. The van der Waals surface area contributed by atoms with Gasteiger partial charge in [0.1, 0.15) is 5.76 Å². The molecule has 2 nitrogen and oxygen atoms in total. The monoisotopic (exact) mass is 297 g/mol. The Morgan fingerprint density at radius 2 is 1.00 bits per heavy atom. The topological polar surface area (TPSA) is 46.2 Å². The first kappa shape index (κ1) is 20.3. The van der Waals surface area contributed by atoms with Gasteiger partial charge in [-0.3, -0.25) is 0 Å². The fraction of sp³-hybridized carbons (Fsp3) is 0.895. The smallest absolute Gasteiger partial charge is 0.108 e. The maximum Gasteiger partial charge on any atom is 0.108 e. The van der Waals surface area contributed by atoms with Crippen molar-refractivity contribution in [2.24, 2.45) is 5.73 Å². The van der Waals surface area contributed by atoms with Gasteiger partial charge in [0, 0.05) is 12.6 Å². The SMILES string of the molecule is CCCCCCCCCCCCCCCCC/C(O)=C/N. The summed E-state index contributed by atoms with van der Waals surface area (Å²) in [5.74, 6) is 0.338. The number of aliphatic hydroxyl groups excluding tert-OH is 1. The molecule has 0 spiro atoms. The Balaban J connectivity index is 2.99. The van der Waals surface area contributed by atoms with Gasteiger partial charge in [-0.15, -0.1) is 0 Å². The molecular weight excluding hydrogens is 258 g/mol. The summed E-state index contributed by atoms with van der Waals surface area (Å²) in [6.07, 6.45) is 22.6. The fourth-order valence-electron chi connectivity index (χ4n) is 2.76. The third kappa shape index (κ3) is 17.3. The van der Waals surface area contributed by atoms with Crippen LogP contribution in [0.2, 0.25) is 0 Å². The summed E-state index contributed by atoms with van der Waals surface area (Å²) in [7, 11) is 0. The molecule has 0 radical (unpaired) electrons. The molecule has 0 aromatic heterocycles. The highest BCUT2D eigenvalue weighted by Crippen LogP contribution is 2.14. The highest BCUT2D eigenvalue weighted by atomic mass is 16.3. The highest BCUT2D eigenvalue weighted by Gasteiger charge is 1.95. The van der Waals surface area contributed by atoms with E-state index in [1.165, 1.54) is 96.1 Å². The van der Waals surface area contributed by atoms with Crippen molar-refractivity contribution < 1.29 is 5.11 Å². The fourth-order valence-corrected chi connectivity index (χ4v) is 2.76. The van der Waals surface area contributed by atoms with Crippen LogP contribution in [0.3, 0.4) is 0 Å². The second kappa shape index (κ2) is 17.4. The predicted octanol–water partition coefficient (Wildman–Crippen LogP) is 6.61. The van der Waals surface area contributed by atoms with E-state index in [4.69, 9.17) is 5.73 Å². The Morgan fingerprint density at radius 3 is 1.33 bits per heavy atom. The molecule has 0 fully saturated rings. The van der Waals surface area contributed by atoms with Crippen molar-refractivity contribution in [3.63, 3.8) is 0 Å². The quantitative estimate of drug-likeness (QED) is 0.249. The van der Waals surface area contributed by atoms with E-state index in [1.807, 2.05) is 0 Å². The molecule has 0 amide bonds. The zero-order valence-corrected chi connectivity index (χ0v) is 14.4. The minimum absolute atomic E-state index is 0.338. The average Bonchev–Trinajstić information content (AvgIpc) is 2.50. The van der Waals surface area contributed by atoms with Gasteiger partial charge in [-0.2, -0.15) is 0 Å². The van der Waals surface area contributed by atoms with E-state index >= 15 is 0 Å². The van der Waals surface area contributed by atoms with E-state index in [9.17, 15) is 5.11 Å². The van der Waals surface area contributed by atoms with Gasteiger partial charge in [-0.25, -0.2) is 0 Å². The van der Waals surface area contributed by atoms with Gasteiger partial charge in [0.05, 0.1) is 0 Å². The number of nitrogens with two attached hydrogens (primary N) is 1. The predicted molar refractivity (Wildman–Crippen MR) is 94.4 cm³/mol. The molecule has 0 aliphatic heterocycles. The number of rotatable bonds is 16. The summed E-state index contributed by atoms with van der Waals surface area (Å²) in [4.78, 5) is 0. The molecule has 0 aromatic rings. The lowest BCUT2D eigenvalue weighted by atomic mass is 10.0. The Hall–Kier alpha value is -0.660. The van der Waals surface area contributed by atoms with E-state index in [0.717, 1.165) is 12.8 Å². The van der Waals surface area contributed by atoms with E-state index in [-0.39, 0.29) is 0 Å². The van der Waals surface area contributed by atoms with Crippen molar-refractivity contribution in [1.29, 1.82) is 0 Å². The first-order valence-corrected chi connectivity index (χ1v) is 9.41. The maximum atomic E-state index is 9.20. The van der Waals surface area contributed by atoms with Crippen molar-refractivity contribution in [2.45, 2.75) is 110 Å². The molecule has 0 aliphatic carbocycles. The Kier molecular flexibility index (Phi) is 16.8. The zero-order chi connectivity index (χ0) is 15.6. The number of unbranched alkanes of at least 4 members (excludes halogenated alkanes) is 14. The van der Waals surface area contributed by atoms with Crippen LogP contribution in [0.1, 0.15) is 110 Å². The molecule has 3 N–H and O–H groups in total. The Morgan fingerprint density at radius 1 is 0.667 bits per heavy atom. The molecule has 0 unspecified atom stereocenters. The molecule has 2 heteroatoms. The van der Waals surface area contributed by atoms with Crippen molar-refractivity contribution >= 4 is 0 Å². The van der Waals surface area contributed by atoms with Crippen molar-refractivity contribution in [3.05, 3.63) is 12.0 Å². The molecule has 0 bridgehead atoms. The maximum absolute atomic E-state index is 9.20. The lowest BCUT2D eigenvalue weighted by Crippen LogP contribution is -1.88. The number of aliphatic hydroxyl groups is 1. The van der Waals surface area contributed by atoms with Crippen LogP contribution in [0.15, 0.2) is 12.0 Å². The largest absolute Gasteiger partial charge is 0.511 e. The van der Waals surface area contributed by atoms with Gasteiger partial charge in [-0.05, 0) is 6.42 Å². The van der Waals surface area contributed by atoms with Crippen LogP contribution in [0, 0.1) is 0 Å². The molecule has 21 heavy (non-hydrogen) atoms. The van der Waals surface area contributed by atoms with Gasteiger partial charge >= 0.3 is 0 Å². The molecule has 126 valence electrons. The third-order valence-corrected chi connectivity index (χ3v) is 4.23. The Labute approximate surface area is 133 Å². The second-order valence-corrected chi connectivity index (χ2v) is 6.36. The van der Waals surface area contributed by atoms with Crippen molar-refractivity contribution in [1.82, 2.24) is 0 Å². The standard InChI is InChI=1S/C19H39NO/c1-2-3-4-5-6-7-8-9-10-11-12-13-14-15-16-17-19(21)18-20/h18,21H,2-17,20H2,1H3/b19-18-. The molecule has 0 rings (SSSR count). The van der Waals surface area contributed by atoms with Crippen molar-refractivity contribution in [3.8, 4) is 0 Å². The van der Waals surface area contributed by atoms with E-state index < -0.39 is 0 Å². The molecule has 0 aromatic carbocycles. The number of allylic oxidation sites excluding steroid dienone is 1. The van der Waals surface area contributed by atoms with Crippen molar-refractivity contribution in [2.75, 3.05) is 0 Å². The van der Waals surface area contributed by atoms with Gasteiger partial charge in [0.2, 0.25) is 0 Å².